The van der Waals surface area contributed by atoms with Crippen LogP contribution in [0.1, 0.15) is 21.7 Å². The summed E-state index contributed by atoms with van der Waals surface area (Å²) in [6, 6.07) is 8.45. The molecule has 0 atom stereocenters. The van der Waals surface area contributed by atoms with Crippen molar-refractivity contribution < 1.29 is 9.90 Å². The van der Waals surface area contributed by atoms with E-state index < -0.39 is 5.97 Å². The summed E-state index contributed by atoms with van der Waals surface area (Å²) in [4.78, 5) is 19.4. The highest BCUT2D eigenvalue weighted by Gasteiger charge is 2.05. The summed E-state index contributed by atoms with van der Waals surface area (Å²) in [5.74, 6) is -0.308. The van der Waals surface area contributed by atoms with Crippen LogP contribution >= 0.6 is 0 Å². The van der Waals surface area contributed by atoms with Crippen molar-refractivity contribution in [1.82, 2.24) is 9.97 Å². The second kappa shape index (κ2) is 4.33. The van der Waals surface area contributed by atoms with Crippen LogP contribution in [0.15, 0.2) is 30.3 Å². The van der Waals surface area contributed by atoms with Crippen LogP contribution in [-0.2, 0) is 0 Å². The van der Waals surface area contributed by atoms with Crippen LogP contribution in [0.3, 0.4) is 0 Å². The molecule has 0 saturated carbocycles. The largest absolute Gasteiger partial charge is 0.478 e. The Bertz CT molecular complexity index is 542. The SMILES string of the molecule is Cc1cc(C)nc(-c2ccc(C(=O)O)cc2)n1. The van der Waals surface area contributed by atoms with Crippen molar-refractivity contribution in [2.75, 3.05) is 0 Å². The second-order valence-corrected chi connectivity index (χ2v) is 3.86. The van der Waals surface area contributed by atoms with E-state index >= 15 is 0 Å². The van der Waals surface area contributed by atoms with E-state index in [1.807, 2.05) is 19.9 Å². The van der Waals surface area contributed by atoms with Gasteiger partial charge in [0.05, 0.1) is 5.56 Å². The zero-order valence-electron chi connectivity index (χ0n) is 9.64. The van der Waals surface area contributed by atoms with Gasteiger partial charge in [0, 0.05) is 17.0 Å². The Labute approximate surface area is 99.0 Å². The van der Waals surface area contributed by atoms with Crippen molar-refractivity contribution in [2.45, 2.75) is 13.8 Å². The molecular weight excluding hydrogens is 216 g/mol. The molecule has 2 aromatic rings. The normalized spacial score (nSPS) is 10.2. The molecular formula is C13H12N2O2. The number of rotatable bonds is 2. The number of carboxylic acid groups (broad SMARTS) is 1. The molecule has 0 aliphatic carbocycles. The van der Waals surface area contributed by atoms with Gasteiger partial charge >= 0.3 is 5.97 Å². The zero-order valence-corrected chi connectivity index (χ0v) is 9.64. The lowest BCUT2D eigenvalue weighted by Crippen LogP contribution is -1.97. The van der Waals surface area contributed by atoms with Gasteiger partial charge in [-0.2, -0.15) is 0 Å². The number of nitrogens with zero attached hydrogens (tertiary/aromatic N) is 2. The molecule has 86 valence electrons. The summed E-state index contributed by atoms with van der Waals surface area (Å²) >= 11 is 0. The zero-order chi connectivity index (χ0) is 12.4. The predicted octanol–water partition coefficient (Wildman–Crippen LogP) is 2.46. The van der Waals surface area contributed by atoms with E-state index in [-0.39, 0.29) is 5.56 Å². The molecule has 4 heteroatoms. The molecule has 4 nitrogen and oxygen atoms in total. The number of aromatic nitrogens is 2. The first-order valence-corrected chi connectivity index (χ1v) is 5.22. The minimum absolute atomic E-state index is 0.262. The molecule has 0 fully saturated rings. The summed E-state index contributed by atoms with van der Waals surface area (Å²) < 4.78 is 0. The lowest BCUT2D eigenvalue weighted by molar-refractivity contribution is 0.0697. The van der Waals surface area contributed by atoms with Crippen LogP contribution in [0, 0.1) is 13.8 Å². The Morgan fingerprint density at radius 3 is 2.06 bits per heavy atom. The van der Waals surface area contributed by atoms with E-state index in [1.54, 1.807) is 24.3 Å². The monoisotopic (exact) mass is 228 g/mol. The van der Waals surface area contributed by atoms with Gasteiger partial charge in [0.25, 0.3) is 0 Å². The molecule has 17 heavy (non-hydrogen) atoms. The Kier molecular flexibility index (Phi) is 2.87. The van der Waals surface area contributed by atoms with Crippen LogP contribution in [0.25, 0.3) is 11.4 Å². The van der Waals surface area contributed by atoms with Gasteiger partial charge in [0.2, 0.25) is 0 Å². The van der Waals surface area contributed by atoms with Crippen molar-refractivity contribution in [3.05, 3.63) is 47.3 Å². The summed E-state index contributed by atoms with van der Waals surface area (Å²) in [7, 11) is 0. The molecule has 0 aliphatic heterocycles. The van der Waals surface area contributed by atoms with E-state index in [9.17, 15) is 4.79 Å². The highest BCUT2D eigenvalue weighted by Crippen LogP contribution is 2.16. The van der Waals surface area contributed by atoms with Gasteiger partial charge in [-0.05, 0) is 32.0 Å². The molecule has 0 aliphatic rings. The Balaban J connectivity index is 2.43. The van der Waals surface area contributed by atoms with Gasteiger partial charge in [0.1, 0.15) is 0 Å². The molecule has 0 bridgehead atoms. The highest BCUT2D eigenvalue weighted by molar-refractivity contribution is 5.88. The predicted molar refractivity (Wildman–Crippen MR) is 63.9 cm³/mol. The minimum atomic E-state index is -0.933. The number of aromatic carboxylic acids is 1. The molecule has 1 heterocycles. The number of hydrogen-bond donors (Lipinski definition) is 1. The van der Waals surface area contributed by atoms with E-state index in [0.717, 1.165) is 17.0 Å². The molecule has 0 spiro atoms. The number of hydrogen-bond acceptors (Lipinski definition) is 3. The molecule has 2 rings (SSSR count). The Hall–Kier alpha value is -2.23. The van der Waals surface area contributed by atoms with Crippen LogP contribution in [0.4, 0.5) is 0 Å². The van der Waals surface area contributed by atoms with Gasteiger partial charge < -0.3 is 5.11 Å². The first kappa shape index (κ1) is 11.3. The molecule has 0 radical (unpaired) electrons. The third-order valence-electron chi connectivity index (χ3n) is 2.37. The van der Waals surface area contributed by atoms with Crippen LogP contribution in [0.5, 0.6) is 0 Å². The van der Waals surface area contributed by atoms with Gasteiger partial charge in [-0.3, -0.25) is 0 Å². The summed E-state index contributed by atoms with van der Waals surface area (Å²) in [6.45, 7) is 3.81. The summed E-state index contributed by atoms with van der Waals surface area (Å²) in [6.07, 6.45) is 0. The fourth-order valence-corrected chi connectivity index (χ4v) is 1.62. The lowest BCUT2D eigenvalue weighted by atomic mass is 10.1. The molecule has 1 N–H and O–H groups in total. The van der Waals surface area contributed by atoms with Gasteiger partial charge in [-0.1, -0.05) is 12.1 Å². The molecule has 1 aromatic carbocycles. The number of aryl methyl sites for hydroxylation is 2. The first-order chi connectivity index (χ1) is 8.06. The molecule has 0 unspecified atom stereocenters. The van der Waals surface area contributed by atoms with E-state index in [0.29, 0.717) is 5.82 Å². The Morgan fingerprint density at radius 2 is 1.59 bits per heavy atom. The van der Waals surface area contributed by atoms with E-state index in [4.69, 9.17) is 5.11 Å². The molecule has 0 amide bonds. The van der Waals surface area contributed by atoms with E-state index in [1.165, 1.54) is 0 Å². The van der Waals surface area contributed by atoms with Crippen molar-refractivity contribution in [3.63, 3.8) is 0 Å². The topological polar surface area (TPSA) is 63.1 Å². The van der Waals surface area contributed by atoms with Gasteiger partial charge in [-0.15, -0.1) is 0 Å². The Morgan fingerprint density at radius 1 is 1.06 bits per heavy atom. The number of benzene rings is 1. The summed E-state index contributed by atoms with van der Waals surface area (Å²) in [5, 5.41) is 8.80. The standard InChI is InChI=1S/C13H12N2O2/c1-8-7-9(2)15-12(14-8)10-3-5-11(6-4-10)13(16)17/h3-7H,1-2H3,(H,16,17). The third kappa shape index (κ3) is 2.47. The van der Waals surface area contributed by atoms with Crippen LogP contribution < -0.4 is 0 Å². The fourth-order valence-electron chi connectivity index (χ4n) is 1.62. The average molecular weight is 228 g/mol. The van der Waals surface area contributed by atoms with Crippen LogP contribution in [0.2, 0.25) is 0 Å². The van der Waals surface area contributed by atoms with Gasteiger partial charge in [0.15, 0.2) is 5.82 Å². The van der Waals surface area contributed by atoms with Gasteiger partial charge in [-0.25, -0.2) is 14.8 Å². The summed E-state index contributed by atoms with van der Waals surface area (Å²) in [5.41, 5.74) is 2.88. The average Bonchev–Trinajstić information content (AvgIpc) is 2.28. The molecule has 0 saturated heterocycles. The van der Waals surface area contributed by atoms with Crippen molar-refractivity contribution in [1.29, 1.82) is 0 Å². The quantitative estimate of drug-likeness (QED) is 0.857. The lowest BCUT2D eigenvalue weighted by Gasteiger charge is -2.03. The fraction of sp³-hybridized carbons (Fsp3) is 0.154. The minimum Gasteiger partial charge on any atom is -0.478 e. The van der Waals surface area contributed by atoms with Crippen LogP contribution in [-0.4, -0.2) is 21.0 Å². The first-order valence-electron chi connectivity index (χ1n) is 5.22. The highest BCUT2D eigenvalue weighted by atomic mass is 16.4. The molecule has 1 aromatic heterocycles. The number of carbonyl (C=O) groups is 1. The smallest absolute Gasteiger partial charge is 0.335 e. The van der Waals surface area contributed by atoms with E-state index in [2.05, 4.69) is 9.97 Å². The maximum atomic E-state index is 10.7. The van der Waals surface area contributed by atoms with Crippen molar-refractivity contribution in [3.8, 4) is 11.4 Å². The maximum absolute atomic E-state index is 10.7. The van der Waals surface area contributed by atoms with Crippen molar-refractivity contribution in [2.24, 2.45) is 0 Å². The maximum Gasteiger partial charge on any atom is 0.335 e. The second-order valence-electron chi connectivity index (χ2n) is 3.86. The number of carboxylic acids is 1. The van der Waals surface area contributed by atoms with Crippen molar-refractivity contribution >= 4 is 5.97 Å². The third-order valence-corrected chi connectivity index (χ3v) is 2.37.